The molecule has 2 heterocycles. The summed E-state index contributed by atoms with van der Waals surface area (Å²) in [5.41, 5.74) is 9.93. The largest absolute Gasteiger partial charge is 0.369 e. The van der Waals surface area contributed by atoms with Crippen LogP contribution >= 0.6 is 0 Å². The van der Waals surface area contributed by atoms with Gasteiger partial charge in [0.15, 0.2) is 0 Å². The normalized spacial score (nSPS) is 14.7. The molecule has 1 aliphatic heterocycles. The monoisotopic (exact) mass is 527 g/mol. The van der Waals surface area contributed by atoms with Gasteiger partial charge in [-0.25, -0.2) is 14.9 Å². The number of carbonyl (C=O) groups is 2. The number of nitrogens with one attached hydrogen (secondary N) is 3. The van der Waals surface area contributed by atoms with E-state index < -0.39 is 0 Å². The second kappa shape index (κ2) is 13.2. The molecular weight excluding hydrogens is 497 g/mol. The van der Waals surface area contributed by atoms with Gasteiger partial charge in [0.1, 0.15) is 11.6 Å². The number of hydrogen-bond acceptors (Lipinski definition) is 7. The molecule has 1 fully saturated rings. The van der Waals surface area contributed by atoms with Gasteiger partial charge in [-0.2, -0.15) is 10.4 Å². The summed E-state index contributed by atoms with van der Waals surface area (Å²) in [6, 6.07) is 18.9. The number of nitriles is 1. The average Bonchev–Trinajstić information content (AvgIpc) is 2.96. The molecule has 3 N–H and O–H groups in total. The Labute approximate surface area is 226 Å². The predicted molar refractivity (Wildman–Crippen MR) is 145 cm³/mol. The van der Waals surface area contributed by atoms with E-state index in [4.69, 9.17) is 10.5 Å². The summed E-state index contributed by atoms with van der Waals surface area (Å²) < 4.78 is 13.7. The Hall–Kier alpha value is -4.65. The number of piperidine rings is 1. The summed E-state index contributed by atoms with van der Waals surface area (Å²) in [5.74, 6) is -0.760. The third-order valence-electron chi connectivity index (χ3n) is 6.65. The van der Waals surface area contributed by atoms with E-state index >= 15 is 0 Å². The minimum absolute atomic E-state index is 0.0862. The van der Waals surface area contributed by atoms with Crippen molar-refractivity contribution in [2.75, 3.05) is 38.0 Å². The van der Waals surface area contributed by atoms with Crippen LogP contribution in [0.4, 0.5) is 10.2 Å². The fourth-order valence-corrected chi connectivity index (χ4v) is 4.63. The highest BCUT2D eigenvalue weighted by Crippen LogP contribution is 2.26. The van der Waals surface area contributed by atoms with Gasteiger partial charge in [0.25, 0.3) is 5.91 Å². The first-order valence-corrected chi connectivity index (χ1v) is 12.9. The topological polar surface area (TPSA) is 134 Å². The SMILES string of the molecule is N#Cc1ccccc1-c1ccc(C(=O)N(CCN=N)CC2CCCNC2=O)c(NCCc2cccc(F)c2)n1. The Balaban J connectivity index is 1.65. The second-order valence-electron chi connectivity index (χ2n) is 9.32. The summed E-state index contributed by atoms with van der Waals surface area (Å²) >= 11 is 0. The zero-order chi connectivity index (χ0) is 27.6. The zero-order valence-electron chi connectivity index (χ0n) is 21.5. The molecule has 2 amide bonds. The molecule has 10 heteroatoms. The van der Waals surface area contributed by atoms with Crippen LogP contribution in [0.3, 0.4) is 0 Å². The molecule has 0 spiro atoms. The lowest BCUT2D eigenvalue weighted by atomic mass is 9.97. The van der Waals surface area contributed by atoms with E-state index in [0.717, 1.165) is 12.0 Å². The fourth-order valence-electron chi connectivity index (χ4n) is 4.63. The van der Waals surface area contributed by atoms with Crippen molar-refractivity contribution in [1.82, 2.24) is 15.2 Å². The lowest BCUT2D eigenvalue weighted by molar-refractivity contribution is -0.127. The van der Waals surface area contributed by atoms with Gasteiger partial charge in [0.2, 0.25) is 5.91 Å². The van der Waals surface area contributed by atoms with Gasteiger partial charge in [-0.05, 0) is 55.2 Å². The molecular formula is C29H30FN7O2. The van der Waals surface area contributed by atoms with Crippen LogP contribution in [0, 0.1) is 28.6 Å². The molecule has 0 bridgehead atoms. The van der Waals surface area contributed by atoms with Gasteiger partial charge in [0.05, 0.1) is 35.4 Å². The van der Waals surface area contributed by atoms with Crippen LogP contribution < -0.4 is 10.6 Å². The molecule has 9 nitrogen and oxygen atoms in total. The molecule has 39 heavy (non-hydrogen) atoms. The first-order chi connectivity index (χ1) is 19.0. The van der Waals surface area contributed by atoms with Crippen molar-refractivity contribution in [3.05, 3.63) is 83.2 Å². The van der Waals surface area contributed by atoms with Crippen LogP contribution in [0.2, 0.25) is 0 Å². The summed E-state index contributed by atoms with van der Waals surface area (Å²) in [7, 11) is 0. The lowest BCUT2D eigenvalue weighted by Crippen LogP contribution is -2.45. The summed E-state index contributed by atoms with van der Waals surface area (Å²) in [4.78, 5) is 32.5. The number of anilines is 1. The highest BCUT2D eigenvalue weighted by molar-refractivity contribution is 5.99. The number of rotatable bonds is 11. The first kappa shape index (κ1) is 27.4. The molecule has 0 radical (unpaired) electrons. The van der Waals surface area contributed by atoms with Gasteiger partial charge < -0.3 is 15.5 Å². The van der Waals surface area contributed by atoms with E-state index in [1.54, 1.807) is 41.3 Å². The van der Waals surface area contributed by atoms with E-state index in [2.05, 4.69) is 21.8 Å². The van der Waals surface area contributed by atoms with Crippen molar-refractivity contribution in [3.8, 4) is 17.3 Å². The molecule has 2 aromatic carbocycles. The van der Waals surface area contributed by atoms with E-state index in [1.807, 2.05) is 12.1 Å². The Morgan fingerprint density at radius 3 is 2.85 bits per heavy atom. The van der Waals surface area contributed by atoms with Crippen molar-refractivity contribution in [2.24, 2.45) is 11.0 Å². The number of nitrogens with zero attached hydrogens (tertiary/aromatic N) is 4. The molecule has 4 rings (SSSR count). The van der Waals surface area contributed by atoms with E-state index in [0.29, 0.717) is 54.1 Å². The molecule has 3 aromatic rings. The highest BCUT2D eigenvalue weighted by atomic mass is 19.1. The van der Waals surface area contributed by atoms with Gasteiger partial charge in [-0.15, -0.1) is 0 Å². The number of hydrogen-bond donors (Lipinski definition) is 3. The number of benzene rings is 2. The first-order valence-electron chi connectivity index (χ1n) is 12.9. The van der Waals surface area contributed by atoms with E-state index in [-0.39, 0.29) is 43.2 Å². The standard InChI is InChI=1S/C29H30FN7O2/c30-23-8-3-5-20(17-23)12-14-33-27-25(10-11-26(36-27)24-9-2-1-6-21(24)18-31)29(39)37(16-15-35-32)19-22-7-4-13-34-28(22)38/h1-3,5-6,8-11,17,22,32H,4,7,12-16,19H2,(H,33,36)(H,34,38). The van der Waals surface area contributed by atoms with Crippen LogP contribution in [-0.2, 0) is 11.2 Å². The second-order valence-corrected chi connectivity index (χ2v) is 9.32. The maximum absolute atomic E-state index is 13.8. The third-order valence-corrected chi connectivity index (χ3v) is 6.65. The van der Waals surface area contributed by atoms with Crippen LogP contribution in [0.15, 0.2) is 65.8 Å². The number of carbonyl (C=O) groups excluding carboxylic acids is 2. The molecule has 0 aliphatic carbocycles. The molecule has 1 aliphatic rings. The molecule has 1 unspecified atom stereocenters. The maximum Gasteiger partial charge on any atom is 0.257 e. The molecule has 1 atom stereocenters. The highest BCUT2D eigenvalue weighted by Gasteiger charge is 2.28. The maximum atomic E-state index is 13.8. The Morgan fingerprint density at radius 2 is 2.08 bits per heavy atom. The van der Waals surface area contributed by atoms with Crippen LogP contribution in [-0.4, -0.2) is 54.4 Å². The van der Waals surface area contributed by atoms with Gasteiger partial charge in [0, 0.05) is 31.7 Å². The predicted octanol–water partition coefficient (Wildman–Crippen LogP) is 4.41. The summed E-state index contributed by atoms with van der Waals surface area (Å²) in [6.07, 6.45) is 2.01. The lowest BCUT2D eigenvalue weighted by Gasteiger charge is -2.29. The minimum Gasteiger partial charge on any atom is -0.369 e. The number of pyridine rings is 1. The zero-order valence-corrected chi connectivity index (χ0v) is 21.5. The quantitative estimate of drug-likeness (QED) is 0.318. The van der Waals surface area contributed by atoms with Crippen molar-refractivity contribution < 1.29 is 14.0 Å². The number of aromatic nitrogens is 1. The average molecular weight is 528 g/mol. The molecule has 0 saturated carbocycles. The molecule has 200 valence electrons. The van der Waals surface area contributed by atoms with Crippen LogP contribution in [0.1, 0.15) is 34.3 Å². The van der Waals surface area contributed by atoms with Crippen molar-refractivity contribution in [3.63, 3.8) is 0 Å². The number of amides is 2. The minimum atomic E-state index is -0.340. The Morgan fingerprint density at radius 1 is 1.23 bits per heavy atom. The van der Waals surface area contributed by atoms with Crippen molar-refractivity contribution >= 4 is 17.6 Å². The molecule has 1 saturated heterocycles. The number of halogens is 1. The Bertz CT molecular complexity index is 1390. The smallest absolute Gasteiger partial charge is 0.257 e. The van der Waals surface area contributed by atoms with Gasteiger partial charge in [-0.1, -0.05) is 30.3 Å². The van der Waals surface area contributed by atoms with Crippen molar-refractivity contribution in [2.45, 2.75) is 19.3 Å². The van der Waals surface area contributed by atoms with Gasteiger partial charge >= 0.3 is 0 Å². The van der Waals surface area contributed by atoms with Crippen molar-refractivity contribution in [1.29, 1.82) is 10.8 Å². The van der Waals surface area contributed by atoms with Crippen LogP contribution in [0.25, 0.3) is 11.3 Å². The Kier molecular flexibility index (Phi) is 9.29. The summed E-state index contributed by atoms with van der Waals surface area (Å²) in [5, 5.41) is 19.1. The summed E-state index contributed by atoms with van der Waals surface area (Å²) in [6.45, 7) is 1.52. The molecule has 1 aromatic heterocycles. The van der Waals surface area contributed by atoms with Gasteiger partial charge in [-0.3, -0.25) is 9.59 Å². The fraction of sp³-hybridized carbons (Fsp3) is 0.310. The van der Waals surface area contributed by atoms with E-state index in [9.17, 15) is 19.2 Å². The van der Waals surface area contributed by atoms with Crippen LogP contribution in [0.5, 0.6) is 0 Å². The van der Waals surface area contributed by atoms with E-state index in [1.165, 1.54) is 12.1 Å². The third kappa shape index (κ3) is 7.02.